The lowest BCUT2D eigenvalue weighted by molar-refractivity contribution is 0.198. The first-order valence-electron chi connectivity index (χ1n) is 9.20. The smallest absolute Gasteiger partial charge is 0.137 e. The Morgan fingerprint density at radius 3 is 2.92 bits per heavy atom. The average Bonchev–Trinajstić information content (AvgIpc) is 3.20. The van der Waals surface area contributed by atoms with Gasteiger partial charge in [-0.3, -0.25) is 14.8 Å². The average molecular weight is 342 g/mol. The van der Waals surface area contributed by atoms with Crippen molar-refractivity contribution in [3.63, 3.8) is 0 Å². The normalized spacial score (nSPS) is 22.0. The highest BCUT2D eigenvalue weighted by Gasteiger charge is 2.29. The SMILES string of the molecule is OCCN1CCc2nnc(C3CCN(Cc4cccnc4)C3)n2CC1. The molecule has 134 valence electrons. The second kappa shape index (κ2) is 7.59. The molecule has 0 radical (unpaired) electrons. The Kier molecular flexibility index (Phi) is 5.05. The molecular formula is C18H26N6O. The minimum atomic E-state index is 0.222. The molecule has 0 aromatic carbocycles. The molecule has 1 unspecified atom stereocenters. The van der Waals surface area contributed by atoms with Gasteiger partial charge in [-0.15, -0.1) is 10.2 Å². The van der Waals surface area contributed by atoms with Gasteiger partial charge in [-0.25, -0.2) is 0 Å². The highest BCUT2D eigenvalue weighted by Crippen LogP contribution is 2.28. The molecule has 1 N–H and O–H groups in total. The van der Waals surface area contributed by atoms with Gasteiger partial charge in [0.1, 0.15) is 11.6 Å². The minimum Gasteiger partial charge on any atom is -0.395 e. The molecule has 0 spiro atoms. The third kappa shape index (κ3) is 3.73. The first kappa shape index (κ1) is 16.6. The molecule has 2 aliphatic rings. The summed E-state index contributed by atoms with van der Waals surface area (Å²) < 4.78 is 2.33. The van der Waals surface area contributed by atoms with Crippen molar-refractivity contribution in [1.29, 1.82) is 0 Å². The second-order valence-electron chi connectivity index (χ2n) is 7.02. The first-order valence-corrected chi connectivity index (χ1v) is 9.20. The fraction of sp³-hybridized carbons (Fsp3) is 0.611. The maximum absolute atomic E-state index is 9.17. The van der Waals surface area contributed by atoms with Crippen LogP contribution < -0.4 is 0 Å². The number of likely N-dealkylation sites (tertiary alicyclic amines) is 1. The molecule has 1 saturated heterocycles. The fourth-order valence-corrected chi connectivity index (χ4v) is 3.99. The van der Waals surface area contributed by atoms with E-state index in [2.05, 4.69) is 35.6 Å². The number of fused-ring (bicyclic) bond motifs is 1. The second-order valence-corrected chi connectivity index (χ2v) is 7.02. The number of aromatic nitrogens is 4. The van der Waals surface area contributed by atoms with Crippen molar-refractivity contribution in [2.75, 3.05) is 39.3 Å². The first-order chi connectivity index (χ1) is 12.3. The molecule has 0 saturated carbocycles. The zero-order chi connectivity index (χ0) is 17.1. The molecule has 7 heteroatoms. The van der Waals surface area contributed by atoms with Crippen molar-refractivity contribution >= 4 is 0 Å². The summed E-state index contributed by atoms with van der Waals surface area (Å²) in [5.74, 6) is 2.71. The van der Waals surface area contributed by atoms with Crippen LogP contribution in [0.2, 0.25) is 0 Å². The van der Waals surface area contributed by atoms with Gasteiger partial charge in [0.05, 0.1) is 6.61 Å². The Labute approximate surface area is 148 Å². The number of hydrogen-bond acceptors (Lipinski definition) is 6. The van der Waals surface area contributed by atoms with Crippen molar-refractivity contribution in [2.24, 2.45) is 0 Å². The lowest BCUT2D eigenvalue weighted by Crippen LogP contribution is -2.30. The summed E-state index contributed by atoms with van der Waals surface area (Å²) in [7, 11) is 0. The molecule has 0 amide bonds. The van der Waals surface area contributed by atoms with Gasteiger partial charge in [-0.05, 0) is 24.6 Å². The van der Waals surface area contributed by atoms with E-state index in [9.17, 15) is 0 Å². The minimum absolute atomic E-state index is 0.222. The number of nitrogens with zero attached hydrogens (tertiary/aromatic N) is 6. The maximum Gasteiger partial charge on any atom is 0.137 e. The largest absolute Gasteiger partial charge is 0.395 e. The van der Waals surface area contributed by atoms with Crippen molar-refractivity contribution in [3.05, 3.63) is 41.7 Å². The molecule has 1 atom stereocenters. The van der Waals surface area contributed by atoms with Gasteiger partial charge in [0.15, 0.2) is 0 Å². The summed E-state index contributed by atoms with van der Waals surface area (Å²) >= 11 is 0. The number of aliphatic hydroxyl groups is 1. The Hall–Kier alpha value is -1.83. The molecule has 4 rings (SSSR count). The van der Waals surface area contributed by atoms with E-state index in [1.807, 2.05) is 18.5 Å². The number of pyridine rings is 1. The molecule has 0 aliphatic carbocycles. The lowest BCUT2D eigenvalue weighted by Gasteiger charge is -2.18. The van der Waals surface area contributed by atoms with Crippen LogP contribution in [0.1, 0.15) is 29.6 Å². The van der Waals surface area contributed by atoms with Gasteiger partial charge in [-0.1, -0.05) is 6.07 Å². The van der Waals surface area contributed by atoms with Crippen LogP contribution in [-0.4, -0.2) is 74.0 Å². The van der Waals surface area contributed by atoms with E-state index in [-0.39, 0.29) is 6.61 Å². The lowest BCUT2D eigenvalue weighted by atomic mass is 10.1. The van der Waals surface area contributed by atoms with Crippen LogP contribution in [0.5, 0.6) is 0 Å². The quantitative estimate of drug-likeness (QED) is 0.854. The van der Waals surface area contributed by atoms with Crippen molar-refractivity contribution in [2.45, 2.75) is 31.8 Å². The van der Waals surface area contributed by atoms with E-state index in [4.69, 9.17) is 5.11 Å². The molecule has 2 aromatic rings. The molecule has 7 nitrogen and oxygen atoms in total. The van der Waals surface area contributed by atoms with Gasteiger partial charge in [0.25, 0.3) is 0 Å². The van der Waals surface area contributed by atoms with Crippen LogP contribution in [0.25, 0.3) is 0 Å². The molecule has 25 heavy (non-hydrogen) atoms. The van der Waals surface area contributed by atoms with Crippen molar-refractivity contribution in [1.82, 2.24) is 29.5 Å². The highest BCUT2D eigenvalue weighted by molar-refractivity contribution is 5.11. The Balaban J connectivity index is 1.41. The van der Waals surface area contributed by atoms with Crippen LogP contribution in [-0.2, 0) is 19.5 Å². The zero-order valence-electron chi connectivity index (χ0n) is 14.6. The third-order valence-corrected chi connectivity index (χ3v) is 5.33. The predicted molar refractivity (Wildman–Crippen MR) is 94.1 cm³/mol. The number of rotatable bonds is 5. The topological polar surface area (TPSA) is 70.3 Å². The fourth-order valence-electron chi connectivity index (χ4n) is 3.99. The van der Waals surface area contributed by atoms with E-state index in [0.29, 0.717) is 5.92 Å². The van der Waals surface area contributed by atoms with Crippen LogP contribution in [0.4, 0.5) is 0 Å². The van der Waals surface area contributed by atoms with Gasteiger partial charge in [0.2, 0.25) is 0 Å². The third-order valence-electron chi connectivity index (χ3n) is 5.33. The molecule has 2 aliphatic heterocycles. The summed E-state index contributed by atoms with van der Waals surface area (Å²) in [6, 6.07) is 4.14. The molecule has 2 aromatic heterocycles. The number of hydrogen-bond donors (Lipinski definition) is 1. The van der Waals surface area contributed by atoms with E-state index in [0.717, 1.165) is 70.3 Å². The van der Waals surface area contributed by atoms with Crippen LogP contribution >= 0.6 is 0 Å². The number of aliphatic hydroxyl groups excluding tert-OH is 1. The summed E-state index contributed by atoms with van der Waals surface area (Å²) in [4.78, 5) is 9.00. The van der Waals surface area contributed by atoms with E-state index < -0.39 is 0 Å². The predicted octanol–water partition coefficient (Wildman–Crippen LogP) is 0.513. The van der Waals surface area contributed by atoms with E-state index >= 15 is 0 Å². The van der Waals surface area contributed by atoms with Crippen LogP contribution in [0.15, 0.2) is 24.5 Å². The summed E-state index contributed by atoms with van der Waals surface area (Å²) in [5.41, 5.74) is 1.27. The van der Waals surface area contributed by atoms with E-state index in [1.54, 1.807) is 0 Å². The number of β-amino-alcohol motifs (C(OH)–C–C–N with tert-alkyl or cyclic N) is 1. The van der Waals surface area contributed by atoms with Crippen LogP contribution in [0, 0.1) is 0 Å². The molecular weight excluding hydrogens is 316 g/mol. The highest BCUT2D eigenvalue weighted by atomic mass is 16.3. The summed E-state index contributed by atoms with van der Waals surface area (Å²) in [6.07, 6.45) is 5.83. The summed E-state index contributed by atoms with van der Waals surface area (Å²) in [5, 5.41) is 18.2. The van der Waals surface area contributed by atoms with Crippen molar-refractivity contribution < 1.29 is 5.11 Å². The molecule has 1 fully saturated rings. The van der Waals surface area contributed by atoms with Crippen LogP contribution in [0.3, 0.4) is 0 Å². The molecule has 4 heterocycles. The van der Waals surface area contributed by atoms with Crippen molar-refractivity contribution in [3.8, 4) is 0 Å². The van der Waals surface area contributed by atoms with E-state index in [1.165, 1.54) is 5.56 Å². The standard InChI is InChI=1S/C18H26N6O/c25-11-10-22-7-4-17-20-21-18(24(17)9-8-22)16-3-6-23(14-16)13-15-2-1-5-19-12-15/h1-2,5,12,16,25H,3-4,6-11,13-14H2. The maximum atomic E-state index is 9.17. The summed E-state index contributed by atoms with van der Waals surface area (Å²) in [6.45, 7) is 6.90. The van der Waals surface area contributed by atoms with Gasteiger partial charge in [-0.2, -0.15) is 0 Å². The molecule has 0 bridgehead atoms. The Bertz CT molecular complexity index is 688. The van der Waals surface area contributed by atoms with Gasteiger partial charge < -0.3 is 9.67 Å². The Morgan fingerprint density at radius 1 is 1.12 bits per heavy atom. The zero-order valence-corrected chi connectivity index (χ0v) is 14.6. The Morgan fingerprint density at radius 2 is 2.08 bits per heavy atom. The monoisotopic (exact) mass is 342 g/mol. The van der Waals surface area contributed by atoms with Gasteiger partial charge in [0, 0.05) is 64.0 Å². The van der Waals surface area contributed by atoms with Gasteiger partial charge >= 0.3 is 0 Å².